The number of ether oxygens (including phenoxy) is 2. The Kier molecular flexibility index (Phi) is 9.61. The van der Waals surface area contributed by atoms with E-state index in [4.69, 9.17) is 9.47 Å². The third kappa shape index (κ3) is 7.81. The lowest BCUT2D eigenvalue weighted by atomic mass is 10.2. The van der Waals surface area contributed by atoms with Crippen LogP contribution in [-0.4, -0.2) is 82.9 Å². The summed E-state index contributed by atoms with van der Waals surface area (Å²) in [6.07, 6.45) is 0. The number of rotatable bonds is 10. The zero-order chi connectivity index (χ0) is 21.9. The molecule has 1 aromatic heterocycles. The van der Waals surface area contributed by atoms with Crippen LogP contribution in [0.25, 0.3) is 0 Å². The van der Waals surface area contributed by atoms with E-state index in [0.717, 1.165) is 56.7 Å². The third-order valence-corrected chi connectivity index (χ3v) is 6.18. The van der Waals surface area contributed by atoms with E-state index in [2.05, 4.69) is 55.1 Å². The number of guanidine groups is 1. The molecule has 1 unspecified atom stereocenters. The van der Waals surface area contributed by atoms with Crippen LogP contribution in [0, 0.1) is 0 Å². The maximum absolute atomic E-state index is 5.85. The van der Waals surface area contributed by atoms with Gasteiger partial charge in [-0.3, -0.25) is 9.89 Å². The summed E-state index contributed by atoms with van der Waals surface area (Å²) < 4.78 is 11.4. The van der Waals surface area contributed by atoms with Crippen LogP contribution in [0.3, 0.4) is 0 Å². The van der Waals surface area contributed by atoms with E-state index in [1.807, 2.05) is 33.3 Å². The molecule has 1 fully saturated rings. The highest BCUT2D eigenvalue weighted by atomic mass is 32.1. The molecule has 0 aliphatic carbocycles. The fraction of sp³-hybridized carbons (Fsp3) is 0.522. The molecular weight excluding hydrogens is 410 g/mol. The number of morpholine rings is 1. The molecule has 1 saturated heterocycles. The summed E-state index contributed by atoms with van der Waals surface area (Å²) in [6.45, 7) is 6.56. The van der Waals surface area contributed by atoms with Gasteiger partial charge in [-0.15, -0.1) is 11.3 Å². The first kappa shape index (κ1) is 23.5. The Morgan fingerprint density at radius 1 is 1.23 bits per heavy atom. The van der Waals surface area contributed by atoms with Gasteiger partial charge in [-0.1, -0.05) is 18.2 Å². The monoisotopic (exact) mass is 445 g/mol. The minimum Gasteiger partial charge on any atom is -0.492 e. The highest BCUT2D eigenvalue weighted by Crippen LogP contribution is 2.25. The summed E-state index contributed by atoms with van der Waals surface area (Å²) in [5, 5.41) is 9.08. The second-order valence-corrected chi connectivity index (χ2v) is 8.76. The molecular formula is C23H35N5O2S. The van der Waals surface area contributed by atoms with Crippen LogP contribution < -0.4 is 15.4 Å². The number of hydrogen-bond donors (Lipinski definition) is 2. The molecule has 1 aliphatic rings. The first-order chi connectivity index (χ1) is 15.2. The van der Waals surface area contributed by atoms with Gasteiger partial charge < -0.3 is 25.0 Å². The zero-order valence-electron chi connectivity index (χ0n) is 18.8. The van der Waals surface area contributed by atoms with Gasteiger partial charge in [-0.25, -0.2) is 0 Å². The Bertz CT molecular complexity index is 791. The summed E-state index contributed by atoms with van der Waals surface area (Å²) >= 11 is 1.80. The number of nitrogens with zero attached hydrogens (tertiary/aromatic N) is 3. The average Bonchev–Trinajstić information content (AvgIpc) is 3.31. The van der Waals surface area contributed by atoms with E-state index in [0.29, 0.717) is 19.2 Å². The van der Waals surface area contributed by atoms with Gasteiger partial charge in [0.05, 0.1) is 19.3 Å². The van der Waals surface area contributed by atoms with Crippen molar-refractivity contribution < 1.29 is 9.47 Å². The van der Waals surface area contributed by atoms with E-state index in [1.54, 1.807) is 11.3 Å². The van der Waals surface area contributed by atoms with Crippen molar-refractivity contribution >= 4 is 17.3 Å². The van der Waals surface area contributed by atoms with E-state index in [9.17, 15) is 0 Å². The molecule has 8 heteroatoms. The SMILES string of the molecule is CN=C(NCc1cccc(OCCN(C)C)c1)NCC(c1cccs1)N1CCOCC1. The van der Waals surface area contributed by atoms with E-state index < -0.39 is 0 Å². The van der Waals surface area contributed by atoms with Gasteiger partial charge in [0.15, 0.2) is 5.96 Å². The molecule has 3 rings (SSSR count). The minimum atomic E-state index is 0.316. The maximum atomic E-state index is 5.85. The summed E-state index contributed by atoms with van der Waals surface area (Å²) in [7, 11) is 5.90. The number of benzene rings is 1. The predicted molar refractivity (Wildman–Crippen MR) is 128 cm³/mol. The fourth-order valence-corrected chi connectivity index (χ4v) is 4.33. The summed E-state index contributed by atoms with van der Waals surface area (Å²) in [5.41, 5.74) is 1.16. The highest BCUT2D eigenvalue weighted by Gasteiger charge is 2.23. The molecule has 1 aliphatic heterocycles. The van der Waals surface area contributed by atoms with Gasteiger partial charge in [0.25, 0.3) is 0 Å². The Morgan fingerprint density at radius 2 is 2.06 bits per heavy atom. The molecule has 2 N–H and O–H groups in total. The van der Waals surface area contributed by atoms with Gasteiger partial charge >= 0.3 is 0 Å². The first-order valence-electron chi connectivity index (χ1n) is 10.8. The van der Waals surface area contributed by atoms with Crippen LogP contribution in [-0.2, 0) is 11.3 Å². The number of likely N-dealkylation sites (N-methyl/N-ethyl adjacent to an activating group) is 1. The lowest BCUT2D eigenvalue weighted by Gasteiger charge is -2.34. The van der Waals surface area contributed by atoms with Gasteiger partial charge in [0.1, 0.15) is 12.4 Å². The minimum absolute atomic E-state index is 0.316. The Morgan fingerprint density at radius 3 is 2.77 bits per heavy atom. The van der Waals surface area contributed by atoms with Crippen molar-refractivity contribution in [2.45, 2.75) is 12.6 Å². The van der Waals surface area contributed by atoms with Crippen LogP contribution in [0.1, 0.15) is 16.5 Å². The smallest absolute Gasteiger partial charge is 0.191 e. The second-order valence-electron chi connectivity index (χ2n) is 7.79. The average molecular weight is 446 g/mol. The summed E-state index contributed by atoms with van der Waals surface area (Å²) in [5.74, 6) is 1.70. The van der Waals surface area contributed by atoms with Crippen molar-refractivity contribution in [2.24, 2.45) is 4.99 Å². The standard InChI is InChI=1S/C23H35N5O2S/c1-24-23(25-17-19-6-4-7-20(16-19)30-14-9-27(2)3)26-18-21(22-8-5-15-31-22)28-10-12-29-13-11-28/h4-8,15-16,21H,9-14,17-18H2,1-3H3,(H2,24,25,26). The van der Waals surface area contributed by atoms with E-state index in [1.165, 1.54) is 4.88 Å². The van der Waals surface area contributed by atoms with Crippen molar-refractivity contribution in [3.63, 3.8) is 0 Å². The van der Waals surface area contributed by atoms with Crippen molar-refractivity contribution in [3.8, 4) is 5.75 Å². The Labute approximate surface area is 190 Å². The molecule has 0 amide bonds. The molecule has 0 saturated carbocycles. The van der Waals surface area contributed by atoms with Gasteiger partial charge in [-0.2, -0.15) is 0 Å². The van der Waals surface area contributed by atoms with Crippen LogP contribution >= 0.6 is 11.3 Å². The quantitative estimate of drug-likeness (QED) is 0.433. The Hall–Kier alpha value is -2.13. The third-order valence-electron chi connectivity index (χ3n) is 5.21. The highest BCUT2D eigenvalue weighted by molar-refractivity contribution is 7.10. The molecule has 31 heavy (non-hydrogen) atoms. The largest absolute Gasteiger partial charge is 0.492 e. The van der Waals surface area contributed by atoms with E-state index >= 15 is 0 Å². The number of nitrogens with one attached hydrogen (secondary N) is 2. The first-order valence-corrected chi connectivity index (χ1v) is 11.7. The second kappa shape index (κ2) is 12.7. The molecule has 0 bridgehead atoms. The van der Waals surface area contributed by atoms with Crippen molar-refractivity contribution in [1.82, 2.24) is 20.4 Å². The van der Waals surface area contributed by atoms with Crippen LogP contribution in [0.4, 0.5) is 0 Å². The van der Waals surface area contributed by atoms with Gasteiger partial charge in [0.2, 0.25) is 0 Å². The zero-order valence-corrected chi connectivity index (χ0v) is 19.7. The van der Waals surface area contributed by atoms with Crippen molar-refractivity contribution in [3.05, 3.63) is 52.2 Å². The molecule has 1 atom stereocenters. The molecule has 2 heterocycles. The normalized spacial score (nSPS) is 16.3. The summed E-state index contributed by atoms with van der Waals surface area (Å²) in [4.78, 5) is 10.4. The number of hydrogen-bond acceptors (Lipinski definition) is 6. The molecule has 2 aromatic rings. The molecule has 0 spiro atoms. The van der Waals surface area contributed by atoms with Crippen LogP contribution in [0.2, 0.25) is 0 Å². The van der Waals surface area contributed by atoms with Crippen molar-refractivity contribution in [2.75, 3.05) is 67.1 Å². The topological polar surface area (TPSA) is 61.4 Å². The van der Waals surface area contributed by atoms with Gasteiger partial charge in [-0.05, 0) is 43.2 Å². The lowest BCUT2D eigenvalue weighted by Crippen LogP contribution is -2.46. The molecule has 170 valence electrons. The molecule has 1 aromatic carbocycles. The Balaban J connectivity index is 1.51. The van der Waals surface area contributed by atoms with Crippen LogP contribution in [0.5, 0.6) is 5.75 Å². The maximum Gasteiger partial charge on any atom is 0.191 e. The van der Waals surface area contributed by atoms with Gasteiger partial charge in [0, 0.05) is 44.6 Å². The predicted octanol–water partition coefficient (Wildman–Crippen LogP) is 2.43. The van der Waals surface area contributed by atoms with Crippen molar-refractivity contribution in [1.29, 1.82) is 0 Å². The summed E-state index contributed by atoms with van der Waals surface area (Å²) in [6, 6.07) is 12.9. The fourth-order valence-electron chi connectivity index (χ4n) is 3.47. The lowest BCUT2D eigenvalue weighted by molar-refractivity contribution is 0.0177. The molecule has 0 radical (unpaired) electrons. The molecule has 7 nitrogen and oxygen atoms in total. The van der Waals surface area contributed by atoms with E-state index in [-0.39, 0.29) is 0 Å². The number of aliphatic imine (C=N–C) groups is 1. The number of thiophene rings is 1. The van der Waals surface area contributed by atoms with Crippen LogP contribution in [0.15, 0.2) is 46.8 Å².